The van der Waals surface area contributed by atoms with Crippen LogP contribution in [0.15, 0.2) is 47.0 Å². The first kappa shape index (κ1) is 14.5. The van der Waals surface area contributed by atoms with Gasteiger partial charge >= 0.3 is 0 Å². The molecule has 1 aromatic rings. The zero-order chi connectivity index (χ0) is 15.8. The third-order valence-electron chi connectivity index (χ3n) is 4.80. The topological polar surface area (TPSA) is 36.9 Å². The van der Waals surface area contributed by atoms with Crippen LogP contribution < -0.4 is 10.1 Å². The normalized spacial score (nSPS) is 26.4. The Morgan fingerprint density at radius 2 is 2.04 bits per heavy atom. The van der Waals surface area contributed by atoms with Crippen molar-refractivity contribution < 1.29 is 4.74 Å². The molecular weight excluding hydrogens is 286 g/mol. The number of nitrogens with one attached hydrogen (secondary N) is 1. The molecule has 0 bridgehead atoms. The maximum absolute atomic E-state index is 6.37. The summed E-state index contributed by atoms with van der Waals surface area (Å²) in [7, 11) is 0. The molecular formula is C19H23N3O. The highest BCUT2D eigenvalue weighted by molar-refractivity contribution is 5.91. The summed E-state index contributed by atoms with van der Waals surface area (Å²) in [5.74, 6) is 2.22. The number of hydrogen-bond donors (Lipinski definition) is 1. The summed E-state index contributed by atoms with van der Waals surface area (Å²) in [5.41, 5.74) is 3.42. The van der Waals surface area contributed by atoms with E-state index in [9.17, 15) is 0 Å². The maximum atomic E-state index is 6.37. The number of piperazine rings is 1. The fraction of sp³-hybridized carbons (Fsp3) is 0.421. The zero-order valence-corrected chi connectivity index (χ0v) is 13.7. The van der Waals surface area contributed by atoms with Gasteiger partial charge in [-0.3, -0.25) is 0 Å². The Morgan fingerprint density at radius 1 is 1.22 bits per heavy atom. The number of benzene rings is 1. The van der Waals surface area contributed by atoms with E-state index in [0.717, 1.165) is 43.5 Å². The van der Waals surface area contributed by atoms with Gasteiger partial charge in [-0.25, -0.2) is 4.99 Å². The number of aliphatic imine (C=N–C) groups is 1. The van der Waals surface area contributed by atoms with E-state index in [0.29, 0.717) is 0 Å². The first-order chi connectivity index (χ1) is 11.2. The highest BCUT2D eigenvalue weighted by atomic mass is 16.5. The van der Waals surface area contributed by atoms with Crippen LogP contribution in [0.25, 0.3) is 0 Å². The predicted octanol–water partition coefficient (Wildman–Crippen LogP) is 2.82. The van der Waals surface area contributed by atoms with Crippen LogP contribution >= 0.6 is 0 Å². The standard InChI is InChI=1S/C19H23N3O/c1-13-6-7-17-16(12-13)21-19(22-10-8-20-9-11-22)15-5-3-4-14(2)18(15)23-17/h3-7,12,15,18,20H,8-11H2,1-2H3. The minimum atomic E-state index is 0.0394. The fourth-order valence-electron chi connectivity index (χ4n) is 3.52. The van der Waals surface area contributed by atoms with Crippen LogP contribution in [-0.2, 0) is 0 Å². The Kier molecular flexibility index (Phi) is 3.69. The highest BCUT2D eigenvalue weighted by Crippen LogP contribution is 2.38. The van der Waals surface area contributed by atoms with Crippen LogP contribution in [-0.4, -0.2) is 43.0 Å². The molecule has 23 heavy (non-hydrogen) atoms. The van der Waals surface area contributed by atoms with Gasteiger partial charge in [0.2, 0.25) is 0 Å². The summed E-state index contributed by atoms with van der Waals surface area (Å²) in [5, 5.41) is 3.42. The van der Waals surface area contributed by atoms with E-state index >= 15 is 0 Å². The minimum Gasteiger partial charge on any atom is -0.483 e. The van der Waals surface area contributed by atoms with Crippen LogP contribution in [0.3, 0.4) is 0 Å². The van der Waals surface area contributed by atoms with E-state index in [1.807, 2.05) is 0 Å². The van der Waals surface area contributed by atoms with Gasteiger partial charge in [0, 0.05) is 26.2 Å². The van der Waals surface area contributed by atoms with Crippen LogP contribution in [0, 0.1) is 12.8 Å². The molecule has 4 nitrogen and oxygen atoms in total. The van der Waals surface area contributed by atoms with Crippen molar-refractivity contribution in [3.05, 3.63) is 47.6 Å². The maximum Gasteiger partial charge on any atom is 0.145 e. The Bertz CT molecular complexity index is 699. The summed E-state index contributed by atoms with van der Waals surface area (Å²) < 4.78 is 6.37. The Balaban J connectivity index is 1.81. The second-order valence-corrected chi connectivity index (χ2v) is 6.54. The van der Waals surface area contributed by atoms with Crippen molar-refractivity contribution >= 4 is 11.5 Å². The van der Waals surface area contributed by atoms with Crippen molar-refractivity contribution in [1.29, 1.82) is 0 Å². The second-order valence-electron chi connectivity index (χ2n) is 6.54. The van der Waals surface area contributed by atoms with Gasteiger partial charge in [0.1, 0.15) is 23.4 Å². The van der Waals surface area contributed by atoms with Gasteiger partial charge in [0.05, 0.1) is 5.92 Å². The molecule has 0 saturated carbocycles. The molecule has 0 spiro atoms. The summed E-state index contributed by atoms with van der Waals surface area (Å²) in [6.07, 6.45) is 6.56. The lowest BCUT2D eigenvalue weighted by atomic mass is 9.90. The number of hydrogen-bond acceptors (Lipinski definition) is 4. The van der Waals surface area contributed by atoms with E-state index in [1.54, 1.807) is 0 Å². The molecule has 1 fully saturated rings. The van der Waals surface area contributed by atoms with Crippen LogP contribution in [0.2, 0.25) is 0 Å². The lowest BCUT2D eigenvalue weighted by Gasteiger charge is -2.36. The molecule has 4 rings (SSSR count). The van der Waals surface area contributed by atoms with E-state index < -0.39 is 0 Å². The number of rotatable bonds is 0. The zero-order valence-electron chi connectivity index (χ0n) is 13.7. The third-order valence-corrected chi connectivity index (χ3v) is 4.80. The molecule has 4 heteroatoms. The second kappa shape index (κ2) is 5.85. The number of amidine groups is 1. The molecule has 0 amide bonds. The van der Waals surface area contributed by atoms with Gasteiger partial charge in [-0.15, -0.1) is 0 Å². The van der Waals surface area contributed by atoms with Gasteiger partial charge in [0.15, 0.2) is 0 Å². The molecule has 0 aromatic heterocycles. The van der Waals surface area contributed by atoms with Crippen molar-refractivity contribution in [2.75, 3.05) is 26.2 Å². The Hall–Kier alpha value is -2.07. The van der Waals surface area contributed by atoms with Gasteiger partial charge < -0.3 is 15.0 Å². The number of ether oxygens (including phenoxy) is 1. The van der Waals surface area contributed by atoms with Gasteiger partial charge in [-0.2, -0.15) is 0 Å². The van der Waals surface area contributed by atoms with E-state index in [2.05, 4.69) is 60.5 Å². The highest BCUT2D eigenvalue weighted by Gasteiger charge is 2.35. The first-order valence-corrected chi connectivity index (χ1v) is 8.39. The van der Waals surface area contributed by atoms with E-state index in [1.165, 1.54) is 11.1 Å². The predicted molar refractivity (Wildman–Crippen MR) is 93.5 cm³/mol. The van der Waals surface area contributed by atoms with Crippen molar-refractivity contribution in [1.82, 2.24) is 10.2 Å². The fourth-order valence-corrected chi connectivity index (χ4v) is 3.52. The van der Waals surface area contributed by atoms with Crippen LogP contribution in [0.1, 0.15) is 12.5 Å². The number of aryl methyl sites for hydroxylation is 1. The van der Waals surface area contributed by atoms with Gasteiger partial charge in [-0.1, -0.05) is 24.3 Å². The Morgan fingerprint density at radius 3 is 2.87 bits per heavy atom. The number of nitrogens with zero attached hydrogens (tertiary/aromatic N) is 2. The average Bonchev–Trinajstić information content (AvgIpc) is 2.73. The molecule has 2 aliphatic heterocycles. The Labute approximate surface area is 137 Å². The molecule has 1 aromatic carbocycles. The molecule has 3 aliphatic rings. The lowest BCUT2D eigenvalue weighted by molar-refractivity contribution is 0.210. The molecule has 0 radical (unpaired) electrons. The monoisotopic (exact) mass is 309 g/mol. The third kappa shape index (κ3) is 2.68. The van der Waals surface area contributed by atoms with Crippen molar-refractivity contribution in [3.8, 4) is 5.75 Å². The quantitative estimate of drug-likeness (QED) is 0.800. The van der Waals surface area contributed by atoms with Crippen molar-refractivity contribution in [3.63, 3.8) is 0 Å². The summed E-state index contributed by atoms with van der Waals surface area (Å²) in [4.78, 5) is 7.47. The molecule has 1 N–H and O–H groups in total. The first-order valence-electron chi connectivity index (χ1n) is 8.39. The van der Waals surface area contributed by atoms with Gasteiger partial charge in [-0.05, 0) is 37.1 Å². The smallest absolute Gasteiger partial charge is 0.145 e. The van der Waals surface area contributed by atoms with E-state index in [4.69, 9.17) is 9.73 Å². The molecule has 120 valence electrons. The molecule has 2 unspecified atom stereocenters. The summed E-state index contributed by atoms with van der Waals surface area (Å²) in [6, 6.07) is 6.27. The SMILES string of the molecule is CC1=CC=CC2C(N3CCNCC3)=Nc3cc(C)ccc3OC12. The molecule has 2 heterocycles. The minimum absolute atomic E-state index is 0.0394. The molecule has 1 aliphatic carbocycles. The molecule has 1 saturated heterocycles. The number of allylic oxidation sites excluding steroid dienone is 2. The van der Waals surface area contributed by atoms with Crippen molar-refractivity contribution in [2.45, 2.75) is 20.0 Å². The lowest BCUT2D eigenvalue weighted by Crippen LogP contribution is -2.50. The van der Waals surface area contributed by atoms with Crippen LogP contribution in [0.4, 0.5) is 5.69 Å². The number of fused-ring (bicyclic) bond motifs is 2. The summed E-state index contributed by atoms with van der Waals surface area (Å²) in [6.45, 7) is 8.27. The van der Waals surface area contributed by atoms with E-state index in [-0.39, 0.29) is 12.0 Å². The largest absolute Gasteiger partial charge is 0.483 e. The van der Waals surface area contributed by atoms with Crippen molar-refractivity contribution in [2.24, 2.45) is 10.9 Å². The molecule has 2 atom stereocenters. The summed E-state index contributed by atoms with van der Waals surface area (Å²) >= 11 is 0. The van der Waals surface area contributed by atoms with Crippen LogP contribution in [0.5, 0.6) is 5.75 Å². The van der Waals surface area contributed by atoms with Gasteiger partial charge in [0.25, 0.3) is 0 Å². The average molecular weight is 309 g/mol.